The SMILES string of the molecule is COC(=O)c1cc2cccc(C#Cc3ccc4c(c3)OCO4)c2s1. The molecule has 0 bridgehead atoms. The number of carbonyl (C=O) groups is 1. The summed E-state index contributed by atoms with van der Waals surface area (Å²) >= 11 is 1.39. The molecule has 4 nitrogen and oxygen atoms in total. The molecule has 2 heterocycles. The second-order valence-electron chi connectivity index (χ2n) is 5.14. The number of rotatable bonds is 1. The van der Waals surface area contributed by atoms with Gasteiger partial charge in [0, 0.05) is 11.1 Å². The van der Waals surface area contributed by atoms with Crippen LogP contribution < -0.4 is 9.47 Å². The summed E-state index contributed by atoms with van der Waals surface area (Å²) in [6.07, 6.45) is 0. The Morgan fingerprint density at radius 3 is 2.88 bits per heavy atom. The number of esters is 1. The van der Waals surface area contributed by atoms with Gasteiger partial charge in [-0.1, -0.05) is 24.0 Å². The molecule has 1 aromatic heterocycles. The number of ether oxygens (including phenoxy) is 3. The molecule has 0 radical (unpaired) electrons. The molecule has 0 unspecified atom stereocenters. The molecule has 1 aliphatic heterocycles. The largest absolute Gasteiger partial charge is 0.465 e. The lowest BCUT2D eigenvalue weighted by molar-refractivity contribution is 0.0606. The van der Waals surface area contributed by atoms with Crippen LogP contribution in [0.3, 0.4) is 0 Å². The lowest BCUT2D eigenvalue weighted by Gasteiger charge is -1.96. The maximum absolute atomic E-state index is 11.7. The van der Waals surface area contributed by atoms with Gasteiger partial charge in [0.05, 0.1) is 11.8 Å². The zero-order chi connectivity index (χ0) is 16.5. The molecule has 0 saturated carbocycles. The van der Waals surface area contributed by atoms with Crippen molar-refractivity contribution in [3.05, 3.63) is 58.5 Å². The maximum Gasteiger partial charge on any atom is 0.348 e. The van der Waals surface area contributed by atoms with Crippen molar-refractivity contribution >= 4 is 27.4 Å². The Morgan fingerprint density at radius 2 is 2.00 bits per heavy atom. The Morgan fingerprint density at radius 1 is 1.12 bits per heavy atom. The van der Waals surface area contributed by atoms with E-state index in [4.69, 9.17) is 14.2 Å². The summed E-state index contributed by atoms with van der Waals surface area (Å²) in [6, 6.07) is 13.3. The molecule has 24 heavy (non-hydrogen) atoms. The van der Waals surface area contributed by atoms with E-state index in [0.717, 1.165) is 27.0 Å². The standard InChI is InChI=1S/C19H12O4S/c1-21-19(20)17-10-14-4-2-3-13(18(14)24-17)7-5-12-6-8-15-16(9-12)23-11-22-15/h2-4,6,8-10H,11H2,1H3. The first kappa shape index (κ1) is 14.6. The number of carbonyl (C=O) groups excluding carboxylic acids is 1. The van der Waals surface area contributed by atoms with Gasteiger partial charge in [-0.15, -0.1) is 11.3 Å². The van der Waals surface area contributed by atoms with Gasteiger partial charge in [-0.2, -0.15) is 0 Å². The van der Waals surface area contributed by atoms with Crippen LogP contribution in [0.4, 0.5) is 0 Å². The van der Waals surface area contributed by atoms with E-state index in [-0.39, 0.29) is 12.8 Å². The number of benzene rings is 2. The zero-order valence-corrected chi connectivity index (χ0v) is 13.6. The lowest BCUT2D eigenvalue weighted by atomic mass is 10.1. The van der Waals surface area contributed by atoms with Gasteiger partial charge in [0.15, 0.2) is 11.5 Å². The van der Waals surface area contributed by atoms with Crippen molar-refractivity contribution < 1.29 is 19.0 Å². The first-order valence-electron chi connectivity index (χ1n) is 7.27. The molecule has 2 aromatic carbocycles. The topological polar surface area (TPSA) is 44.8 Å². The molecule has 0 fully saturated rings. The smallest absolute Gasteiger partial charge is 0.348 e. The maximum atomic E-state index is 11.7. The first-order valence-corrected chi connectivity index (χ1v) is 8.09. The van der Waals surface area contributed by atoms with E-state index in [0.29, 0.717) is 10.6 Å². The van der Waals surface area contributed by atoms with E-state index in [1.807, 2.05) is 42.5 Å². The highest BCUT2D eigenvalue weighted by Gasteiger charge is 2.13. The van der Waals surface area contributed by atoms with Crippen molar-refractivity contribution in [3.63, 3.8) is 0 Å². The molecule has 4 rings (SSSR count). The summed E-state index contributed by atoms with van der Waals surface area (Å²) in [6.45, 7) is 0.247. The van der Waals surface area contributed by atoms with Crippen LogP contribution in [0.1, 0.15) is 20.8 Å². The van der Waals surface area contributed by atoms with Gasteiger partial charge in [-0.05, 0) is 35.7 Å². The van der Waals surface area contributed by atoms with Crippen LogP contribution in [0.15, 0.2) is 42.5 Å². The third-order valence-electron chi connectivity index (χ3n) is 3.64. The van der Waals surface area contributed by atoms with Crippen LogP contribution in [-0.2, 0) is 4.74 Å². The van der Waals surface area contributed by atoms with Crippen LogP contribution in [0, 0.1) is 11.8 Å². The van der Waals surface area contributed by atoms with Crippen molar-refractivity contribution in [2.45, 2.75) is 0 Å². The van der Waals surface area contributed by atoms with Gasteiger partial charge in [0.1, 0.15) is 4.88 Å². The Bertz CT molecular complexity index is 1010. The van der Waals surface area contributed by atoms with Crippen LogP contribution in [0.25, 0.3) is 10.1 Å². The third-order valence-corrected chi connectivity index (χ3v) is 4.81. The van der Waals surface area contributed by atoms with E-state index >= 15 is 0 Å². The van der Waals surface area contributed by atoms with Crippen molar-refractivity contribution in [2.75, 3.05) is 13.9 Å². The number of hydrogen-bond acceptors (Lipinski definition) is 5. The molecule has 118 valence electrons. The Labute approximate surface area is 142 Å². The van der Waals surface area contributed by atoms with E-state index in [1.54, 1.807) is 0 Å². The second kappa shape index (κ2) is 5.91. The minimum absolute atomic E-state index is 0.247. The summed E-state index contributed by atoms with van der Waals surface area (Å²) in [5, 5.41) is 0.984. The lowest BCUT2D eigenvalue weighted by Crippen LogP contribution is -1.96. The average Bonchev–Trinajstić information content (AvgIpc) is 3.25. The van der Waals surface area contributed by atoms with Gasteiger partial charge in [0.2, 0.25) is 6.79 Å². The molecule has 0 aliphatic carbocycles. The molecule has 0 N–H and O–H groups in total. The van der Waals surface area contributed by atoms with Crippen LogP contribution in [-0.4, -0.2) is 19.9 Å². The molecular formula is C19H12O4S. The molecule has 3 aromatic rings. The van der Waals surface area contributed by atoms with Crippen LogP contribution in [0.5, 0.6) is 11.5 Å². The predicted molar refractivity (Wildman–Crippen MR) is 91.7 cm³/mol. The van der Waals surface area contributed by atoms with E-state index in [1.165, 1.54) is 18.4 Å². The van der Waals surface area contributed by atoms with Gasteiger partial charge < -0.3 is 14.2 Å². The quantitative estimate of drug-likeness (QED) is 0.501. The predicted octanol–water partition coefficient (Wildman–Crippen LogP) is 3.82. The highest BCUT2D eigenvalue weighted by atomic mass is 32.1. The summed E-state index contributed by atoms with van der Waals surface area (Å²) in [7, 11) is 1.38. The van der Waals surface area contributed by atoms with E-state index in [9.17, 15) is 4.79 Å². The Kier molecular flexibility index (Phi) is 3.60. The summed E-state index contributed by atoms with van der Waals surface area (Å²) < 4.78 is 16.4. The zero-order valence-electron chi connectivity index (χ0n) is 12.8. The highest BCUT2D eigenvalue weighted by Crippen LogP contribution is 2.32. The first-order chi connectivity index (χ1) is 11.7. The van der Waals surface area contributed by atoms with E-state index in [2.05, 4.69) is 11.8 Å². The third kappa shape index (κ3) is 2.57. The normalized spacial score (nSPS) is 11.9. The van der Waals surface area contributed by atoms with Gasteiger partial charge in [-0.25, -0.2) is 4.79 Å². The fourth-order valence-corrected chi connectivity index (χ4v) is 3.52. The Hall–Kier alpha value is -2.97. The highest BCUT2D eigenvalue weighted by molar-refractivity contribution is 7.21. The molecule has 0 saturated heterocycles. The number of fused-ring (bicyclic) bond motifs is 2. The molecule has 0 spiro atoms. The monoisotopic (exact) mass is 336 g/mol. The number of thiophene rings is 1. The van der Waals surface area contributed by atoms with Gasteiger partial charge in [-0.3, -0.25) is 0 Å². The minimum Gasteiger partial charge on any atom is -0.465 e. The van der Waals surface area contributed by atoms with Crippen molar-refractivity contribution in [3.8, 4) is 23.3 Å². The summed E-state index contributed by atoms with van der Waals surface area (Å²) in [5.41, 5.74) is 1.73. The number of hydrogen-bond donors (Lipinski definition) is 0. The van der Waals surface area contributed by atoms with Crippen molar-refractivity contribution in [2.24, 2.45) is 0 Å². The Balaban J connectivity index is 1.72. The second-order valence-corrected chi connectivity index (χ2v) is 6.20. The molecule has 5 heteroatoms. The average molecular weight is 336 g/mol. The molecule has 0 atom stereocenters. The van der Waals surface area contributed by atoms with Crippen LogP contribution >= 0.6 is 11.3 Å². The molecule has 1 aliphatic rings. The van der Waals surface area contributed by atoms with Crippen LogP contribution in [0.2, 0.25) is 0 Å². The van der Waals surface area contributed by atoms with Gasteiger partial charge in [0.25, 0.3) is 0 Å². The molecular weight excluding hydrogens is 324 g/mol. The van der Waals surface area contributed by atoms with Crippen molar-refractivity contribution in [1.82, 2.24) is 0 Å². The van der Waals surface area contributed by atoms with Crippen molar-refractivity contribution in [1.29, 1.82) is 0 Å². The fourth-order valence-electron chi connectivity index (χ4n) is 2.48. The van der Waals surface area contributed by atoms with E-state index < -0.39 is 0 Å². The van der Waals surface area contributed by atoms with Gasteiger partial charge >= 0.3 is 5.97 Å². The summed E-state index contributed by atoms with van der Waals surface area (Å²) in [5.74, 6) is 7.44. The minimum atomic E-state index is -0.328. The summed E-state index contributed by atoms with van der Waals surface area (Å²) in [4.78, 5) is 12.3. The fraction of sp³-hybridized carbons (Fsp3) is 0.105. The molecule has 0 amide bonds. The number of methoxy groups -OCH3 is 1.